The van der Waals surface area contributed by atoms with E-state index < -0.39 is 0 Å². The molecule has 1 saturated heterocycles. The van der Waals surface area contributed by atoms with Crippen molar-refractivity contribution in [2.45, 2.75) is 25.9 Å². The van der Waals surface area contributed by atoms with Crippen LogP contribution in [0.15, 0.2) is 30.3 Å². The van der Waals surface area contributed by atoms with Crippen LogP contribution in [0.2, 0.25) is 0 Å². The van der Waals surface area contributed by atoms with E-state index in [1.54, 1.807) is 31.4 Å². The van der Waals surface area contributed by atoms with E-state index in [2.05, 4.69) is 24.1 Å². The van der Waals surface area contributed by atoms with Gasteiger partial charge in [0.1, 0.15) is 0 Å². The summed E-state index contributed by atoms with van der Waals surface area (Å²) < 4.78 is 5.15. The molecule has 2 unspecified atom stereocenters. The predicted octanol–water partition coefficient (Wildman–Crippen LogP) is 0.984. The number of carbonyl (C=O) groups excluding carboxylic acids is 2. The monoisotopic (exact) mass is 333 g/mol. The number of carbonyl (C=O) groups is 2. The lowest BCUT2D eigenvalue weighted by Crippen LogP contribution is -2.59. The summed E-state index contributed by atoms with van der Waals surface area (Å²) in [6.45, 7) is 7.18. The van der Waals surface area contributed by atoms with Crippen molar-refractivity contribution < 1.29 is 14.3 Å². The number of rotatable bonds is 6. The number of benzene rings is 1. The van der Waals surface area contributed by atoms with Crippen molar-refractivity contribution in [1.29, 1.82) is 0 Å². The Kier molecular flexibility index (Phi) is 6.75. The van der Waals surface area contributed by atoms with Gasteiger partial charge in [0, 0.05) is 44.4 Å². The molecule has 0 aliphatic carbocycles. The fraction of sp³-hybridized carbons (Fsp3) is 0.556. The van der Waals surface area contributed by atoms with E-state index in [1.165, 1.54) is 0 Å². The largest absolute Gasteiger partial charge is 0.383 e. The van der Waals surface area contributed by atoms with E-state index in [4.69, 9.17) is 4.74 Å². The predicted molar refractivity (Wildman–Crippen MR) is 92.9 cm³/mol. The van der Waals surface area contributed by atoms with Crippen molar-refractivity contribution in [2.24, 2.45) is 0 Å². The SMILES string of the molecule is COCCN1C(C)CN(C(=O)CNC(=O)c2ccccc2)CC1C. The van der Waals surface area contributed by atoms with Crippen LogP contribution in [-0.2, 0) is 9.53 Å². The van der Waals surface area contributed by atoms with Crippen LogP contribution in [0.25, 0.3) is 0 Å². The van der Waals surface area contributed by atoms with Gasteiger partial charge < -0.3 is 15.0 Å². The van der Waals surface area contributed by atoms with Gasteiger partial charge >= 0.3 is 0 Å². The summed E-state index contributed by atoms with van der Waals surface area (Å²) in [7, 11) is 1.70. The lowest BCUT2D eigenvalue weighted by molar-refractivity contribution is -0.134. The second-order valence-electron chi connectivity index (χ2n) is 6.28. The van der Waals surface area contributed by atoms with Gasteiger partial charge in [-0.1, -0.05) is 18.2 Å². The van der Waals surface area contributed by atoms with E-state index in [-0.39, 0.29) is 30.4 Å². The van der Waals surface area contributed by atoms with Crippen LogP contribution >= 0.6 is 0 Å². The number of methoxy groups -OCH3 is 1. The zero-order chi connectivity index (χ0) is 17.5. The van der Waals surface area contributed by atoms with E-state index in [0.29, 0.717) is 25.3 Å². The minimum Gasteiger partial charge on any atom is -0.383 e. The molecule has 0 aromatic heterocycles. The zero-order valence-electron chi connectivity index (χ0n) is 14.7. The Labute approximate surface area is 143 Å². The van der Waals surface area contributed by atoms with Gasteiger partial charge in [0.15, 0.2) is 0 Å². The number of nitrogens with zero attached hydrogens (tertiary/aromatic N) is 2. The van der Waals surface area contributed by atoms with Crippen LogP contribution in [0.5, 0.6) is 0 Å². The second-order valence-corrected chi connectivity index (χ2v) is 6.28. The Hall–Kier alpha value is -1.92. The fourth-order valence-corrected chi connectivity index (χ4v) is 3.16. The van der Waals surface area contributed by atoms with E-state index in [0.717, 1.165) is 6.54 Å². The quantitative estimate of drug-likeness (QED) is 0.843. The summed E-state index contributed by atoms with van der Waals surface area (Å²) in [5.41, 5.74) is 0.566. The highest BCUT2D eigenvalue weighted by Gasteiger charge is 2.31. The Morgan fingerprint density at radius 3 is 2.38 bits per heavy atom. The molecule has 1 heterocycles. The average molecular weight is 333 g/mol. The maximum atomic E-state index is 12.4. The standard InChI is InChI=1S/C18H27N3O3/c1-14-12-20(13-15(2)21(14)9-10-24-3)17(22)11-19-18(23)16-7-5-4-6-8-16/h4-8,14-15H,9-13H2,1-3H3,(H,19,23). The number of hydrogen-bond acceptors (Lipinski definition) is 4. The van der Waals surface area contributed by atoms with Gasteiger partial charge in [-0.25, -0.2) is 0 Å². The highest BCUT2D eigenvalue weighted by Crippen LogP contribution is 2.15. The molecule has 1 fully saturated rings. The van der Waals surface area contributed by atoms with E-state index in [1.807, 2.05) is 11.0 Å². The van der Waals surface area contributed by atoms with Crippen molar-refractivity contribution >= 4 is 11.8 Å². The van der Waals surface area contributed by atoms with Crippen LogP contribution in [-0.4, -0.2) is 73.6 Å². The normalized spacial score (nSPS) is 21.5. The second kappa shape index (κ2) is 8.80. The van der Waals surface area contributed by atoms with Crippen molar-refractivity contribution in [3.8, 4) is 0 Å². The summed E-state index contributed by atoms with van der Waals surface area (Å²) in [4.78, 5) is 28.6. The first-order chi connectivity index (χ1) is 11.5. The average Bonchev–Trinajstić information content (AvgIpc) is 2.59. The van der Waals surface area contributed by atoms with Crippen molar-refractivity contribution in [2.75, 3.05) is 39.9 Å². The summed E-state index contributed by atoms with van der Waals surface area (Å²) >= 11 is 0. The molecule has 0 saturated carbocycles. The molecule has 0 radical (unpaired) electrons. The molecule has 1 aliphatic rings. The summed E-state index contributed by atoms with van der Waals surface area (Å²) in [5.74, 6) is -0.256. The van der Waals surface area contributed by atoms with Gasteiger partial charge in [-0.15, -0.1) is 0 Å². The molecule has 132 valence electrons. The Balaban J connectivity index is 1.84. The molecular weight excluding hydrogens is 306 g/mol. The molecule has 2 atom stereocenters. The first kappa shape index (κ1) is 18.4. The molecular formula is C18H27N3O3. The number of ether oxygens (including phenoxy) is 1. The van der Waals surface area contributed by atoms with Crippen LogP contribution in [0, 0.1) is 0 Å². The van der Waals surface area contributed by atoms with Gasteiger partial charge in [-0.05, 0) is 26.0 Å². The lowest BCUT2D eigenvalue weighted by atomic mass is 10.1. The first-order valence-corrected chi connectivity index (χ1v) is 8.38. The van der Waals surface area contributed by atoms with Gasteiger partial charge in [-0.2, -0.15) is 0 Å². The smallest absolute Gasteiger partial charge is 0.251 e. The highest BCUT2D eigenvalue weighted by molar-refractivity contribution is 5.96. The first-order valence-electron chi connectivity index (χ1n) is 8.38. The molecule has 2 amide bonds. The Bertz CT molecular complexity index is 538. The highest BCUT2D eigenvalue weighted by atomic mass is 16.5. The minimum absolute atomic E-state index is 0.0330. The third-order valence-corrected chi connectivity index (χ3v) is 4.44. The number of nitrogens with one attached hydrogen (secondary N) is 1. The van der Waals surface area contributed by atoms with Gasteiger partial charge in [-0.3, -0.25) is 14.5 Å². The van der Waals surface area contributed by atoms with E-state index in [9.17, 15) is 9.59 Å². The summed E-state index contributed by atoms with van der Waals surface area (Å²) in [6.07, 6.45) is 0. The van der Waals surface area contributed by atoms with Crippen molar-refractivity contribution in [1.82, 2.24) is 15.1 Å². The van der Waals surface area contributed by atoms with Crippen LogP contribution in [0.3, 0.4) is 0 Å². The molecule has 1 aliphatic heterocycles. The number of hydrogen-bond donors (Lipinski definition) is 1. The maximum absolute atomic E-state index is 12.4. The minimum atomic E-state index is -0.219. The Morgan fingerprint density at radius 2 is 1.79 bits per heavy atom. The summed E-state index contributed by atoms with van der Waals surface area (Å²) in [5, 5.41) is 2.71. The van der Waals surface area contributed by atoms with Crippen LogP contribution in [0.1, 0.15) is 24.2 Å². The number of piperazine rings is 1. The zero-order valence-corrected chi connectivity index (χ0v) is 14.7. The third kappa shape index (κ3) is 4.79. The van der Waals surface area contributed by atoms with Crippen molar-refractivity contribution in [3.05, 3.63) is 35.9 Å². The molecule has 6 nitrogen and oxygen atoms in total. The molecule has 6 heteroatoms. The maximum Gasteiger partial charge on any atom is 0.251 e. The molecule has 1 N–H and O–H groups in total. The van der Waals surface area contributed by atoms with E-state index >= 15 is 0 Å². The molecule has 2 rings (SSSR count). The van der Waals surface area contributed by atoms with Crippen LogP contribution in [0.4, 0.5) is 0 Å². The fourth-order valence-electron chi connectivity index (χ4n) is 3.16. The third-order valence-electron chi connectivity index (χ3n) is 4.44. The molecule has 24 heavy (non-hydrogen) atoms. The lowest BCUT2D eigenvalue weighted by Gasteiger charge is -2.44. The molecule has 0 bridgehead atoms. The number of amides is 2. The topological polar surface area (TPSA) is 61.9 Å². The van der Waals surface area contributed by atoms with Gasteiger partial charge in [0.25, 0.3) is 5.91 Å². The molecule has 1 aromatic carbocycles. The molecule has 0 spiro atoms. The Morgan fingerprint density at radius 1 is 1.17 bits per heavy atom. The summed E-state index contributed by atoms with van der Waals surface area (Å²) in [6, 6.07) is 9.49. The van der Waals surface area contributed by atoms with Gasteiger partial charge in [0.2, 0.25) is 5.91 Å². The molecule has 1 aromatic rings. The van der Waals surface area contributed by atoms with Crippen molar-refractivity contribution in [3.63, 3.8) is 0 Å². The van der Waals surface area contributed by atoms with Gasteiger partial charge in [0.05, 0.1) is 13.2 Å². The van der Waals surface area contributed by atoms with Crippen LogP contribution < -0.4 is 5.32 Å².